The Morgan fingerprint density at radius 1 is 1.03 bits per heavy atom. The summed E-state index contributed by atoms with van der Waals surface area (Å²) in [7, 11) is 0. The summed E-state index contributed by atoms with van der Waals surface area (Å²) < 4.78 is 6.07. The summed E-state index contributed by atoms with van der Waals surface area (Å²) in [5.41, 5.74) is -0.314. The minimum absolute atomic E-state index is 0.0154. The number of fused-ring (bicyclic) bond motifs is 1. The standard InChI is InChI=1S/C30H36O4/c1-19(2)12-14-22-18-29-16-17-34-26(29)23(15-13-20(3)4)25(32)30(27(29)33,28(22,5)6)24(31)21-10-8-7-9-11-21/h7-13,22H,14-18H2,1-6H3/t22-,29-,30+/m0/s1. The van der Waals surface area contributed by atoms with Crippen molar-refractivity contribution in [1.29, 1.82) is 0 Å². The Balaban J connectivity index is 2.02. The maximum Gasteiger partial charge on any atom is 0.184 e. The molecule has 0 N–H and O–H groups in total. The zero-order chi connectivity index (χ0) is 24.9. The number of ether oxygens (including phenoxy) is 1. The summed E-state index contributed by atoms with van der Waals surface area (Å²) in [5, 5.41) is 0. The van der Waals surface area contributed by atoms with E-state index >= 15 is 0 Å². The molecule has 3 atom stereocenters. The van der Waals surface area contributed by atoms with Gasteiger partial charge < -0.3 is 4.74 Å². The minimum atomic E-state index is -1.76. The van der Waals surface area contributed by atoms with Crippen molar-refractivity contribution in [2.75, 3.05) is 6.61 Å². The average Bonchev–Trinajstić information content (AvgIpc) is 3.20. The zero-order valence-electron chi connectivity index (χ0n) is 21.3. The first-order valence-corrected chi connectivity index (χ1v) is 12.3. The van der Waals surface area contributed by atoms with Crippen LogP contribution in [0.2, 0.25) is 0 Å². The number of Topliss-reactive ketones (excluding diaryl/α,β-unsaturated/α-hetero) is 3. The van der Waals surface area contributed by atoms with Crippen LogP contribution in [0.4, 0.5) is 0 Å². The second kappa shape index (κ2) is 8.48. The molecule has 0 radical (unpaired) electrons. The Hall–Kier alpha value is -2.75. The predicted octanol–water partition coefficient (Wildman–Crippen LogP) is 6.43. The Labute approximate surface area is 203 Å². The average molecular weight is 461 g/mol. The molecule has 2 aliphatic carbocycles. The van der Waals surface area contributed by atoms with Gasteiger partial charge in [0.15, 0.2) is 22.8 Å². The van der Waals surface area contributed by atoms with E-state index in [4.69, 9.17) is 4.74 Å². The van der Waals surface area contributed by atoms with Crippen LogP contribution in [0.3, 0.4) is 0 Å². The van der Waals surface area contributed by atoms with Crippen molar-refractivity contribution in [3.05, 3.63) is 70.5 Å². The van der Waals surface area contributed by atoms with E-state index in [1.54, 1.807) is 24.3 Å². The molecule has 0 aromatic heterocycles. The van der Waals surface area contributed by atoms with Gasteiger partial charge in [-0.15, -0.1) is 0 Å². The molecule has 1 saturated heterocycles. The summed E-state index contributed by atoms with van der Waals surface area (Å²) in [6.07, 6.45) is 6.39. The Morgan fingerprint density at radius 3 is 2.29 bits per heavy atom. The van der Waals surface area contributed by atoms with Crippen LogP contribution in [0.15, 0.2) is 65.0 Å². The lowest BCUT2D eigenvalue weighted by molar-refractivity contribution is -0.162. The molecule has 180 valence electrons. The molecular formula is C30H36O4. The molecule has 4 nitrogen and oxygen atoms in total. The van der Waals surface area contributed by atoms with Crippen LogP contribution >= 0.6 is 0 Å². The molecule has 1 saturated carbocycles. The number of carbonyl (C=O) groups excluding carboxylic acids is 3. The quantitative estimate of drug-likeness (QED) is 0.279. The zero-order valence-corrected chi connectivity index (χ0v) is 21.3. The van der Waals surface area contributed by atoms with Gasteiger partial charge in [-0.25, -0.2) is 0 Å². The van der Waals surface area contributed by atoms with E-state index in [2.05, 4.69) is 19.9 Å². The minimum Gasteiger partial charge on any atom is -0.496 e. The van der Waals surface area contributed by atoms with E-state index in [0.29, 0.717) is 42.8 Å². The fourth-order valence-electron chi connectivity index (χ4n) is 6.37. The van der Waals surface area contributed by atoms with Gasteiger partial charge in [-0.2, -0.15) is 0 Å². The largest absolute Gasteiger partial charge is 0.496 e. The van der Waals surface area contributed by atoms with Crippen molar-refractivity contribution in [1.82, 2.24) is 0 Å². The molecular weight excluding hydrogens is 424 g/mol. The lowest BCUT2D eigenvalue weighted by Gasteiger charge is -2.58. The molecule has 4 heteroatoms. The number of allylic oxidation sites excluding steroid dienone is 6. The molecule has 1 aromatic rings. The highest BCUT2D eigenvalue weighted by Gasteiger charge is 2.76. The van der Waals surface area contributed by atoms with Gasteiger partial charge in [-0.3, -0.25) is 14.4 Å². The summed E-state index contributed by atoms with van der Waals surface area (Å²) in [5.74, 6) is -0.448. The van der Waals surface area contributed by atoms with Crippen LogP contribution in [-0.4, -0.2) is 24.0 Å². The van der Waals surface area contributed by atoms with Crippen LogP contribution in [0.25, 0.3) is 0 Å². The van der Waals surface area contributed by atoms with Crippen molar-refractivity contribution < 1.29 is 19.1 Å². The van der Waals surface area contributed by atoms with Gasteiger partial charge in [0.25, 0.3) is 0 Å². The topological polar surface area (TPSA) is 60.4 Å². The Bertz CT molecular complexity index is 1130. The number of carbonyl (C=O) groups is 3. The van der Waals surface area contributed by atoms with Gasteiger partial charge in [0.05, 0.1) is 12.0 Å². The van der Waals surface area contributed by atoms with Gasteiger partial charge >= 0.3 is 0 Å². The van der Waals surface area contributed by atoms with Crippen molar-refractivity contribution in [3.63, 3.8) is 0 Å². The normalized spacial score (nSPS) is 29.3. The number of hydrogen-bond acceptors (Lipinski definition) is 4. The van der Waals surface area contributed by atoms with Crippen molar-refractivity contribution in [2.45, 2.75) is 67.2 Å². The molecule has 1 spiro atoms. The van der Waals surface area contributed by atoms with E-state index in [1.807, 2.05) is 39.8 Å². The number of ketones is 3. The number of hydrogen-bond donors (Lipinski definition) is 0. The van der Waals surface area contributed by atoms with Crippen LogP contribution < -0.4 is 0 Å². The number of benzene rings is 1. The van der Waals surface area contributed by atoms with Gasteiger partial charge in [-0.1, -0.05) is 67.5 Å². The molecule has 3 aliphatic rings. The van der Waals surface area contributed by atoms with E-state index < -0.39 is 16.2 Å². The highest BCUT2D eigenvalue weighted by atomic mass is 16.5. The van der Waals surface area contributed by atoms with E-state index in [1.165, 1.54) is 5.57 Å². The summed E-state index contributed by atoms with van der Waals surface area (Å²) in [4.78, 5) is 43.4. The second-order valence-electron chi connectivity index (χ2n) is 11.2. The van der Waals surface area contributed by atoms with E-state index in [0.717, 1.165) is 12.0 Å². The van der Waals surface area contributed by atoms with Crippen molar-refractivity contribution >= 4 is 17.3 Å². The summed E-state index contributed by atoms with van der Waals surface area (Å²) in [6.45, 7) is 12.4. The third kappa shape index (κ3) is 3.29. The fraction of sp³-hybridized carbons (Fsp3) is 0.500. The first-order valence-electron chi connectivity index (χ1n) is 12.3. The van der Waals surface area contributed by atoms with Gasteiger partial charge in [0.2, 0.25) is 0 Å². The molecule has 1 heterocycles. The highest BCUT2D eigenvalue weighted by Crippen LogP contribution is 2.67. The smallest absolute Gasteiger partial charge is 0.184 e. The lowest BCUT2D eigenvalue weighted by atomic mass is 9.39. The van der Waals surface area contributed by atoms with Gasteiger partial charge in [0, 0.05) is 17.6 Å². The van der Waals surface area contributed by atoms with E-state index in [9.17, 15) is 14.4 Å². The molecule has 0 unspecified atom stereocenters. The SMILES string of the molecule is CC(C)=CCC1=C2OCC[C@]23C[C@H](CC=C(C)C)C(C)(C)[C@](C(=O)c2ccccc2)(C1=O)C3=O. The Morgan fingerprint density at radius 2 is 1.68 bits per heavy atom. The second-order valence-corrected chi connectivity index (χ2v) is 11.2. The van der Waals surface area contributed by atoms with Crippen molar-refractivity contribution in [2.24, 2.45) is 22.2 Å². The molecule has 2 fully saturated rings. The molecule has 1 aliphatic heterocycles. The maximum atomic E-state index is 14.6. The third-order valence-electron chi connectivity index (χ3n) is 8.36. The van der Waals surface area contributed by atoms with Crippen LogP contribution in [0.5, 0.6) is 0 Å². The molecule has 2 bridgehead atoms. The van der Waals surface area contributed by atoms with Crippen LogP contribution in [-0.2, 0) is 14.3 Å². The summed E-state index contributed by atoms with van der Waals surface area (Å²) >= 11 is 0. The first kappa shape index (κ1) is 24.4. The fourth-order valence-corrected chi connectivity index (χ4v) is 6.37. The maximum absolute atomic E-state index is 14.6. The van der Waals surface area contributed by atoms with Crippen LogP contribution in [0.1, 0.15) is 77.6 Å². The Kier molecular flexibility index (Phi) is 6.08. The van der Waals surface area contributed by atoms with Crippen molar-refractivity contribution in [3.8, 4) is 0 Å². The molecule has 0 amide bonds. The van der Waals surface area contributed by atoms with Crippen LogP contribution in [0, 0.1) is 22.2 Å². The predicted molar refractivity (Wildman–Crippen MR) is 133 cm³/mol. The molecule has 4 rings (SSSR count). The monoisotopic (exact) mass is 460 g/mol. The third-order valence-corrected chi connectivity index (χ3v) is 8.36. The number of rotatable bonds is 6. The molecule has 1 aromatic carbocycles. The summed E-state index contributed by atoms with van der Waals surface area (Å²) in [6, 6.07) is 8.86. The first-order chi connectivity index (χ1) is 16.0. The van der Waals surface area contributed by atoms with Gasteiger partial charge in [-0.05, 0) is 58.3 Å². The lowest BCUT2D eigenvalue weighted by Crippen LogP contribution is -2.69. The molecule has 34 heavy (non-hydrogen) atoms. The van der Waals surface area contributed by atoms with E-state index in [-0.39, 0.29) is 23.3 Å². The highest BCUT2D eigenvalue weighted by molar-refractivity contribution is 6.36. The van der Waals surface area contributed by atoms with Gasteiger partial charge in [0.1, 0.15) is 5.76 Å².